The summed E-state index contributed by atoms with van der Waals surface area (Å²) in [5, 5.41) is 0. The van der Waals surface area contributed by atoms with Crippen molar-refractivity contribution in [2.75, 3.05) is 0 Å². The highest BCUT2D eigenvalue weighted by atomic mass is 127. The van der Waals surface area contributed by atoms with Gasteiger partial charge in [0.1, 0.15) is 17.4 Å². The van der Waals surface area contributed by atoms with Gasteiger partial charge in [-0.05, 0) is 33.6 Å². The van der Waals surface area contributed by atoms with Crippen molar-refractivity contribution < 1.29 is 19.1 Å². The Bertz CT molecular complexity index is 429. The van der Waals surface area contributed by atoms with E-state index in [1.165, 1.54) is 4.90 Å². The molecular weight excluding hydrogens is 361 g/mol. The Morgan fingerprint density at radius 2 is 1.95 bits per heavy atom. The minimum atomic E-state index is -0.643. The van der Waals surface area contributed by atoms with Crippen molar-refractivity contribution in [3.8, 4) is 0 Å². The van der Waals surface area contributed by atoms with Crippen LogP contribution in [0.25, 0.3) is 0 Å². The van der Waals surface area contributed by atoms with Crippen LogP contribution in [0.5, 0.6) is 0 Å². The molecule has 0 aromatic rings. The van der Waals surface area contributed by atoms with Crippen molar-refractivity contribution in [2.45, 2.75) is 57.7 Å². The first-order valence-corrected chi connectivity index (χ1v) is 7.52. The van der Waals surface area contributed by atoms with Gasteiger partial charge in [-0.15, -0.1) is 0 Å². The monoisotopic (exact) mass is 379 g/mol. The molecule has 3 aliphatic rings. The number of rotatable bonds is 1. The fraction of sp³-hybridized carbons (Fsp3) is 0.769. The Balaban J connectivity index is 2.25. The van der Waals surface area contributed by atoms with Gasteiger partial charge in [0.25, 0.3) is 0 Å². The molecule has 1 amide bonds. The van der Waals surface area contributed by atoms with Crippen molar-refractivity contribution >= 4 is 38.3 Å². The zero-order valence-electron chi connectivity index (χ0n) is 11.3. The molecule has 1 saturated carbocycles. The number of hydrogen-bond donors (Lipinski definition) is 0. The van der Waals surface area contributed by atoms with E-state index in [9.17, 15) is 14.4 Å². The number of ketones is 1. The minimum Gasteiger partial charge on any atom is -0.444 e. The molecule has 0 aromatic carbocycles. The van der Waals surface area contributed by atoms with Gasteiger partial charge in [-0.3, -0.25) is 14.5 Å². The van der Waals surface area contributed by atoms with Crippen LogP contribution in [-0.2, 0) is 14.3 Å². The Kier molecular flexibility index (Phi) is 3.90. The van der Waals surface area contributed by atoms with E-state index in [4.69, 9.17) is 4.74 Å². The highest BCUT2D eigenvalue weighted by Gasteiger charge is 2.52. The van der Waals surface area contributed by atoms with Crippen molar-refractivity contribution in [2.24, 2.45) is 5.92 Å². The van der Waals surface area contributed by atoms with Crippen LogP contribution in [0.2, 0.25) is 0 Å². The summed E-state index contributed by atoms with van der Waals surface area (Å²) in [6.07, 6.45) is 1.34. The van der Waals surface area contributed by atoms with Crippen LogP contribution in [0, 0.1) is 5.92 Å². The van der Waals surface area contributed by atoms with Gasteiger partial charge in [0, 0.05) is 41.0 Å². The molecule has 6 heteroatoms. The van der Waals surface area contributed by atoms with E-state index in [2.05, 4.69) is 0 Å². The SMILES string of the molecule is CC(C)(C)OC(=O)N1[C@H]2CC[C@H](C(=O)C2)[C@H]1C(=O)I. The lowest BCUT2D eigenvalue weighted by Crippen LogP contribution is -2.63. The van der Waals surface area contributed by atoms with Crippen LogP contribution >= 0.6 is 22.6 Å². The highest BCUT2D eigenvalue weighted by molar-refractivity contribution is 14.1. The maximum Gasteiger partial charge on any atom is 0.411 e. The number of fused-ring (bicyclic) bond motifs is 3. The zero-order chi connectivity index (χ0) is 14.4. The van der Waals surface area contributed by atoms with E-state index >= 15 is 0 Å². The molecule has 19 heavy (non-hydrogen) atoms. The summed E-state index contributed by atoms with van der Waals surface area (Å²) < 4.78 is 5.20. The molecule has 1 aliphatic carbocycles. The van der Waals surface area contributed by atoms with Gasteiger partial charge in [0.2, 0.25) is 3.79 Å². The fourth-order valence-electron chi connectivity index (χ4n) is 2.86. The Morgan fingerprint density at radius 3 is 2.42 bits per heavy atom. The molecule has 0 spiro atoms. The molecule has 3 atom stereocenters. The fourth-order valence-corrected chi connectivity index (χ4v) is 3.59. The van der Waals surface area contributed by atoms with Crippen LogP contribution in [0.15, 0.2) is 0 Å². The van der Waals surface area contributed by atoms with Gasteiger partial charge >= 0.3 is 6.09 Å². The van der Waals surface area contributed by atoms with Crippen LogP contribution in [0.1, 0.15) is 40.0 Å². The van der Waals surface area contributed by atoms with Gasteiger partial charge in [0.05, 0.1) is 0 Å². The van der Waals surface area contributed by atoms with Crippen LogP contribution in [0.3, 0.4) is 0 Å². The molecule has 0 radical (unpaired) electrons. The molecule has 3 fully saturated rings. The number of hydrogen-bond acceptors (Lipinski definition) is 4. The summed E-state index contributed by atoms with van der Waals surface area (Å²) in [7, 11) is 0. The third-order valence-electron chi connectivity index (χ3n) is 3.57. The molecule has 5 nitrogen and oxygen atoms in total. The molecule has 2 heterocycles. The zero-order valence-corrected chi connectivity index (χ0v) is 13.5. The number of ether oxygens (including phenoxy) is 1. The molecule has 2 aliphatic heterocycles. The summed E-state index contributed by atoms with van der Waals surface area (Å²) in [4.78, 5) is 37.4. The Labute approximate surface area is 126 Å². The van der Waals surface area contributed by atoms with Gasteiger partial charge in [-0.25, -0.2) is 4.79 Å². The van der Waals surface area contributed by atoms with Crippen molar-refractivity contribution in [1.82, 2.24) is 4.90 Å². The second-order valence-electron chi connectivity index (χ2n) is 6.14. The molecule has 106 valence electrons. The van der Waals surface area contributed by atoms with E-state index < -0.39 is 17.7 Å². The average Bonchev–Trinajstić information content (AvgIpc) is 2.25. The normalized spacial score (nSPS) is 30.4. The first-order valence-electron chi connectivity index (χ1n) is 6.44. The first kappa shape index (κ1) is 14.7. The van der Waals surface area contributed by atoms with E-state index in [-0.39, 0.29) is 21.5 Å². The predicted octanol–water partition coefficient (Wildman–Crippen LogP) is 2.31. The smallest absolute Gasteiger partial charge is 0.411 e. The van der Waals surface area contributed by atoms with Crippen LogP contribution in [-0.4, -0.2) is 38.3 Å². The van der Waals surface area contributed by atoms with Crippen LogP contribution < -0.4 is 0 Å². The maximum atomic E-state index is 12.3. The van der Waals surface area contributed by atoms with Crippen molar-refractivity contribution in [3.05, 3.63) is 0 Å². The van der Waals surface area contributed by atoms with E-state index in [1.54, 1.807) is 43.4 Å². The molecule has 3 rings (SSSR count). The van der Waals surface area contributed by atoms with Gasteiger partial charge < -0.3 is 4.74 Å². The number of carbonyl (C=O) groups excluding carboxylic acids is 3. The minimum absolute atomic E-state index is 0.103. The number of carbonyl (C=O) groups is 3. The van der Waals surface area contributed by atoms with Gasteiger partial charge in [-0.2, -0.15) is 0 Å². The highest BCUT2D eigenvalue weighted by Crippen LogP contribution is 2.39. The number of nitrogens with zero attached hydrogens (tertiary/aromatic N) is 1. The summed E-state index contributed by atoms with van der Waals surface area (Å²) in [6.45, 7) is 5.37. The average molecular weight is 379 g/mol. The molecule has 0 unspecified atom stereocenters. The second kappa shape index (κ2) is 5.03. The van der Waals surface area contributed by atoms with Gasteiger partial charge in [-0.1, -0.05) is 0 Å². The lowest BCUT2D eigenvalue weighted by Gasteiger charge is -2.48. The summed E-state index contributed by atoms with van der Waals surface area (Å²) >= 11 is 1.68. The lowest BCUT2D eigenvalue weighted by molar-refractivity contribution is -0.141. The third-order valence-corrected chi connectivity index (χ3v) is 4.21. The lowest BCUT2D eigenvalue weighted by atomic mass is 9.74. The molecule has 2 bridgehead atoms. The molecule has 0 N–H and O–H groups in total. The van der Waals surface area contributed by atoms with Crippen molar-refractivity contribution in [1.29, 1.82) is 0 Å². The first-order chi connectivity index (χ1) is 8.70. The Hall–Kier alpha value is -0.660. The molecule has 2 saturated heterocycles. The standard InChI is InChI=1S/C13H18INO4/c1-13(2,3)19-12(18)15-7-4-5-8(9(16)6-7)10(15)11(14)17/h7-8,10H,4-6H2,1-3H3/t7-,8+,10-/m0/s1. The Morgan fingerprint density at radius 1 is 1.32 bits per heavy atom. The number of amides is 1. The molecule has 0 aromatic heterocycles. The number of piperidine rings is 2. The summed E-state index contributed by atoms with van der Waals surface area (Å²) in [6, 6.07) is -0.827. The predicted molar refractivity (Wildman–Crippen MR) is 77.0 cm³/mol. The topological polar surface area (TPSA) is 63.7 Å². The maximum absolute atomic E-state index is 12.3. The van der Waals surface area contributed by atoms with Crippen LogP contribution in [0.4, 0.5) is 4.79 Å². The summed E-state index contributed by atoms with van der Waals surface area (Å²) in [5.74, 6) is -0.243. The van der Waals surface area contributed by atoms with Crippen molar-refractivity contribution in [3.63, 3.8) is 0 Å². The molecular formula is C13H18INO4. The second-order valence-corrected chi connectivity index (χ2v) is 7.21. The van der Waals surface area contributed by atoms with E-state index in [0.717, 1.165) is 6.42 Å². The summed E-state index contributed by atoms with van der Waals surface area (Å²) in [5.41, 5.74) is -0.601. The van der Waals surface area contributed by atoms with E-state index in [1.807, 2.05) is 0 Å². The largest absolute Gasteiger partial charge is 0.444 e. The number of halogens is 1. The third kappa shape index (κ3) is 2.93. The van der Waals surface area contributed by atoms with E-state index in [0.29, 0.717) is 12.8 Å². The van der Waals surface area contributed by atoms with Gasteiger partial charge in [0.15, 0.2) is 0 Å². The quantitative estimate of drug-likeness (QED) is 0.518. The number of Topliss-reactive ketones (excluding diaryl/α,β-unsaturated/α-hetero) is 1.